The molecule has 12 N–H and O–H groups in total. The topological polar surface area (TPSA) is 334 Å². The van der Waals surface area contributed by atoms with Crippen molar-refractivity contribution in [2.75, 3.05) is 13.2 Å². The fraction of sp³-hybridized carbons (Fsp3) is 0.943. The van der Waals surface area contributed by atoms with E-state index in [1.165, 1.54) is 19.4 Å². The first-order valence-electron chi connectivity index (χ1n) is 27.2. The van der Waals surface area contributed by atoms with Crippen LogP contribution in [0, 0.1) is 50.7 Å². The number of carbonyl (C=O) groups excluding carboxylic acids is 1. The molecule has 9 rings (SSSR count). The smallest absolute Gasteiger partial charge is 0.317 e. The van der Waals surface area contributed by atoms with Gasteiger partial charge in [-0.2, -0.15) is 0 Å². The van der Waals surface area contributed by atoms with Gasteiger partial charge in [0.2, 0.25) is 6.29 Å². The van der Waals surface area contributed by atoms with Gasteiger partial charge in [0.05, 0.1) is 43.0 Å². The molecule has 0 radical (unpaired) electrons. The zero-order valence-corrected chi connectivity index (χ0v) is 44.0. The maximum atomic E-state index is 15.4. The Morgan fingerprint density at radius 2 is 1.15 bits per heavy atom. The number of ether oxygens (including phenoxy) is 8. The van der Waals surface area contributed by atoms with Gasteiger partial charge in [-0.1, -0.05) is 32.4 Å². The lowest BCUT2D eigenvalue weighted by molar-refractivity contribution is -0.374. The minimum absolute atomic E-state index is 0.0383. The van der Waals surface area contributed by atoms with Crippen LogP contribution in [-0.2, 0) is 42.7 Å². The number of esters is 1. The van der Waals surface area contributed by atoms with Gasteiger partial charge in [-0.25, -0.2) is 0 Å². The maximum absolute atomic E-state index is 15.4. The highest BCUT2D eigenvalue weighted by molar-refractivity contribution is 5.78. The minimum atomic E-state index is -1.87. The normalized spacial score (nSPS) is 55.3. The van der Waals surface area contributed by atoms with E-state index in [1.807, 2.05) is 0 Å². The Balaban J connectivity index is 1.04. The van der Waals surface area contributed by atoms with Crippen LogP contribution in [0.2, 0.25) is 0 Å². The first-order chi connectivity index (χ1) is 34.8. The van der Waals surface area contributed by atoms with Crippen molar-refractivity contribution in [1.82, 2.24) is 0 Å². The van der Waals surface area contributed by atoms with Gasteiger partial charge in [0.1, 0.15) is 79.4 Å². The van der Waals surface area contributed by atoms with Crippen molar-refractivity contribution in [1.29, 1.82) is 0 Å². The summed E-state index contributed by atoms with van der Waals surface area (Å²) in [7, 11) is 0. The van der Waals surface area contributed by atoms with Crippen LogP contribution in [0.5, 0.6) is 0 Å². The van der Waals surface area contributed by atoms with Crippen molar-refractivity contribution >= 4 is 5.97 Å². The molecular weight excluding hydrogens is 973 g/mol. The van der Waals surface area contributed by atoms with Gasteiger partial charge < -0.3 is 99.2 Å². The van der Waals surface area contributed by atoms with Crippen LogP contribution in [0.4, 0.5) is 0 Å². The quantitative estimate of drug-likeness (QED) is 0.0600. The standard InChI is InChI=1S/C53H86O21/c1-22(2)10-9-11-23(3)32-26(69-45-40(63)36(59)28(20-55)70-45)18-50(7)29-12-13-30-51(8,48(66)74-44-41(64)37(60)33(56)24(4)67-44)31(14-15-52(30)21-53(29,52)17-16-49(32,50)6)72-47-43(39(62)34(57)25(5)68-47)73-46-42(65)38(61)35(58)27(19-54)71-46/h10,23-47,54-65H,9,11-21H2,1-8H3/t23-,24?,25?,26-,27?,28-,29?,30?,31+,32+,33+,34+,35-,36+,37+,38?,39+,40?,41?,42+,43?,44+,45-,46+,47+,49-,50+,51+,52-,53+/m1/s1. The molecule has 9 aliphatic rings. The number of aliphatic hydroxyl groups is 12. The van der Waals surface area contributed by atoms with Crippen molar-refractivity contribution in [3.8, 4) is 0 Å². The fourth-order valence-electron chi connectivity index (χ4n) is 16.8. The van der Waals surface area contributed by atoms with Crippen molar-refractivity contribution in [3.63, 3.8) is 0 Å². The molecule has 0 aromatic rings. The summed E-state index contributed by atoms with van der Waals surface area (Å²) in [5, 5.41) is 129. The Bertz CT molecular complexity index is 2030. The van der Waals surface area contributed by atoms with E-state index in [0.29, 0.717) is 25.7 Å². The Morgan fingerprint density at radius 1 is 0.608 bits per heavy atom. The molecule has 9 unspecified atom stereocenters. The van der Waals surface area contributed by atoms with E-state index in [2.05, 4.69) is 40.7 Å². The van der Waals surface area contributed by atoms with Crippen molar-refractivity contribution in [2.24, 2.45) is 50.7 Å². The molecule has 0 aromatic carbocycles. The number of hydrogen-bond donors (Lipinski definition) is 12. The summed E-state index contributed by atoms with van der Waals surface area (Å²) in [6.07, 6.45) is -20.5. The lowest BCUT2D eigenvalue weighted by Gasteiger charge is -2.63. The van der Waals surface area contributed by atoms with Gasteiger partial charge in [0.15, 0.2) is 18.9 Å². The molecule has 21 heteroatoms. The molecule has 0 bridgehead atoms. The van der Waals surface area contributed by atoms with Gasteiger partial charge >= 0.3 is 5.97 Å². The average Bonchev–Trinajstić information content (AvgIpc) is 3.88. The summed E-state index contributed by atoms with van der Waals surface area (Å²) in [5.41, 5.74) is -1.54. The molecule has 4 saturated heterocycles. The number of rotatable bonds is 14. The van der Waals surface area contributed by atoms with Crippen molar-refractivity contribution in [3.05, 3.63) is 11.6 Å². The monoisotopic (exact) mass is 1060 g/mol. The molecule has 74 heavy (non-hydrogen) atoms. The highest BCUT2D eigenvalue weighted by Crippen LogP contribution is 2.89. The van der Waals surface area contributed by atoms with Crippen molar-refractivity contribution < 1.29 is 104 Å². The van der Waals surface area contributed by atoms with Crippen LogP contribution in [0.1, 0.15) is 120 Å². The van der Waals surface area contributed by atoms with Gasteiger partial charge in [-0.3, -0.25) is 4.79 Å². The second-order valence-corrected chi connectivity index (χ2v) is 25.0. The van der Waals surface area contributed by atoms with Crippen LogP contribution in [0.3, 0.4) is 0 Å². The third-order valence-electron chi connectivity index (χ3n) is 21.0. The molecule has 0 aromatic heterocycles. The van der Waals surface area contributed by atoms with E-state index in [9.17, 15) is 61.3 Å². The summed E-state index contributed by atoms with van der Waals surface area (Å²) in [6.45, 7) is 14.7. The summed E-state index contributed by atoms with van der Waals surface area (Å²) in [6, 6.07) is 0. The fourth-order valence-corrected chi connectivity index (χ4v) is 16.8. The molecule has 5 aliphatic carbocycles. The van der Waals surface area contributed by atoms with Gasteiger partial charge in [-0.15, -0.1) is 0 Å². The molecule has 5 saturated carbocycles. The Morgan fingerprint density at radius 3 is 1.78 bits per heavy atom. The largest absolute Gasteiger partial charge is 0.432 e. The number of hydrogen-bond acceptors (Lipinski definition) is 21. The van der Waals surface area contributed by atoms with E-state index in [-0.39, 0.29) is 46.5 Å². The minimum Gasteiger partial charge on any atom is -0.432 e. The predicted molar refractivity (Wildman–Crippen MR) is 255 cm³/mol. The van der Waals surface area contributed by atoms with Crippen LogP contribution >= 0.6 is 0 Å². The molecule has 2 spiro atoms. The van der Waals surface area contributed by atoms with Crippen LogP contribution < -0.4 is 0 Å². The van der Waals surface area contributed by atoms with Crippen molar-refractivity contribution in [2.45, 2.75) is 249 Å². The SMILES string of the molecule is CC(C)=CCC[C@@H](C)[C@H]1[C@H](O[C@@H]2O[C@H](CO)[C@H](O)C2O)C[C@@]2(C)C3CCC4[C@@]5(CC[C@H](O[C@@H]6OC(C)[C@H](O)[C@H](O)C6O[C@@H]6OC(CO)[C@@H](O)C(O)[C@@H]6O)[C@@]4(C)C(=O)O[C@@H]4OC(C)[C@H](O)[C@H](O)C4O)C[C@@]35CC[C@]12C. The summed E-state index contributed by atoms with van der Waals surface area (Å²) < 4.78 is 49.6. The maximum Gasteiger partial charge on any atom is 0.317 e. The summed E-state index contributed by atoms with van der Waals surface area (Å²) in [5.74, 6) is -0.817. The molecule has 21 nitrogen and oxygen atoms in total. The predicted octanol–water partition coefficient (Wildman–Crippen LogP) is -0.370. The van der Waals surface area contributed by atoms with Gasteiger partial charge in [0, 0.05) is 0 Å². The third kappa shape index (κ3) is 8.90. The number of carbonyl (C=O) groups is 1. The summed E-state index contributed by atoms with van der Waals surface area (Å²) >= 11 is 0. The molecule has 0 amide bonds. The van der Waals surface area contributed by atoms with E-state index < -0.39 is 159 Å². The first kappa shape index (κ1) is 57.1. The molecule has 30 atom stereocenters. The highest BCUT2D eigenvalue weighted by atomic mass is 16.8. The van der Waals surface area contributed by atoms with E-state index in [1.54, 1.807) is 6.92 Å². The van der Waals surface area contributed by atoms with Gasteiger partial charge in [-0.05, 0) is 144 Å². The van der Waals surface area contributed by atoms with E-state index in [0.717, 1.165) is 32.1 Å². The first-order valence-corrected chi connectivity index (χ1v) is 27.2. The number of fused-ring (bicyclic) bond motifs is 2. The average molecular weight is 1060 g/mol. The highest BCUT2D eigenvalue weighted by Gasteiger charge is 2.84. The molecule has 424 valence electrons. The van der Waals surface area contributed by atoms with Gasteiger partial charge in [0.25, 0.3) is 0 Å². The lowest BCUT2D eigenvalue weighted by Crippen LogP contribution is -2.66. The zero-order valence-electron chi connectivity index (χ0n) is 44.0. The lowest BCUT2D eigenvalue weighted by atomic mass is 9.41. The third-order valence-corrected chi connectivity index (χ3v) is 21.0. The molecule has 4 aliphatic heterocycles. The van der Waals surface area contributed by atoms with Crippen LogP contribution in [0.25, 0.3) is 0 Å². The second-order valence-electron chi connectivity index (χ2n) is 25.0. The van der Waals surface area contributed by atoms with E-state index >= 15 is 4.79 Å². The number of allylic oxidation sites excluding steroid dienone is 2. The Kier molecular flexibility index (Phi) is 16.1. The van der Waals surface area contributed by atoms with E-state index in [4.69, 9.17) is 37.9 Å². The second kappa shape index (κ2) is 20.8. The molecular formula is C53H86O21. The Hall–Kier alpha value is -1.55. The summed E-state index contributed by atoms with van der Waals surface area (Å²) in [4.78, 5) is 15.4. The number of aliphatic hydroxyl groups excluding tert-OH is 12. The zero-order chi connectivity index (χ0) is 53.9. The molecule has 4 heterocycles. The van der Waals surface area contributed by atoms with Crippen LogP contribution in [0.15, 0.2) is 11.6 Å². The van der Waals surface area contributed by atoms with Crippen LogP contribution in [-0.4, -0.2) is 209 Å². The molecule has 9 fully saturated rings. The Labute approximate surface area is 433 Å².